The molecular formula is C76H136N2O6P+. The van der Waals surface area contributed by atoms with Crippen molar-refractivity contribution in [3.63, 3.8) is 0 Å². The van der Waals surface area contributed by atoms with Gasteiger partial charge < -0.3 is 19.8 Å². The fraction of sp³-hybridized carbons (Fsp3) is 0.724. The Hall–Kier alpha value is -3.10. The van der Waals surface area contributed by atoms with Crippen LogP contribution in [0.1, 0.15) is 303 Å². The second-order valence-corrected chi connectivity index (χ2v) is 26.3. The molecule has 3 atom stereocenters. The van der Waals surface area contributed by atoms with E-state index in [4.69, 9.17) is 9.05 Å². The molecule has 1 amide bonds. The molecule has 0 fully saturated rings. The molecule has 9 heteroatoms. The van der Waals surface area contributed by atoms with Crippen molar-refractivity contribution in [3.8, 4) is 0 Å². The zero-order valence-corrected chi connectivity index (χ0v) is 57.0. The molecule has 0 rings (SSSR count). The van der Waals surface area contributed by atoms with Crippen LogP contribution < -0.4 is 5.32 Å². The highest BCUT2D eigenvalue weighted by Gasteiger charge is 2.28. The number of phosphoric acid groups is 1. The lowest BCUT2D eigenvalue weighted by molar-refractivity contribution is -0.870. The van der Waals surface area contributed by atoms with Gasteiger partial charge in [0.1, 0.15) is 13.2 Å². The predicted octanol–water partition coefficient (Wildman–Crippen LogP) is 22.8. The summed E-state index contributed by atoms with van der Waals surface area (Å²) in [6.07, 6.45) is 97.8. The van der Waals surface area contributed by atoms with Crippen LogP contribution >= 0.6 is 7.82 Å². The number of nitrogens with zero attached hydrogens (tertiary/aromatic N) is 1. The van der Waals surface area contributed by atoms with Crippen molar-refractivity contribution in [2.45, 2.75) is 315 Å². The fourth-order valence-corrected chi connectivity index (χ4v) is 10.7. The molecule has 0 heterocycles. The third-order valence-electron chi connectivity index (χ3n) is 15.4. The molecule has 0 spiro atoms. The van der Waals surface area contributed by atoms with E-state index in [0.717, 1.165) is 89.9 Å². The van der Waals surface area contributed by atoms with Gasteiger partial charge in [-0.05, 0) is 103 Å². The molecule has 0 aliphatic rings. The largest absolute Gasteiger partial charge is 0.472 e. The summed E-state index contributed by atoms with van der Waals surface area (Å²) >= 11 is 0. The minimum Gasteiger partial charge on any atom is -0.387 e. The average Bonchev–Trinajstić information content (AvgIpc) is 3.48. The topological polar surface area (TPSA) is 105 Å². The third kappa shape index (κ3) is 68.3. The molecule has 0 bridgehead atoms. The first-order chi connectivity index (χ1) is 41.5. The van der Waals surface area contributed by atoms with Crippen LogP contribution in [0.4, 0.5) is 0 Å². The van der Waals surface area contributed by atoms with Crippen molar-refractivity contribution >= 4 is 13.7 Å². The number of rotatable bonds is 64. The molecule has 0 aromatic rings. The smallest absolute Gasteiger partial charge is 0.387 e. The second-order valence-electron chi connectivity index (χ2n) is 24.9. The summed E-state index contributed by atoms with van der Waals surface area (Å²) in [4.78, 5) is 23.4. The minimum absolute atomic E-state index is 0.0506. The summed E-state index contributed by atoms with van der Waals surface area (Å²) in [7, 11) is 1.55. The monoisotopic (exact) mass is 1200 g/mol. The Morgan fingerprint density at radius 3 is 1.08 bits per heavy atom. The molecule has 85 heavy (non-hydrogen) atoms. The van der Waals surface area contributed by atoms with Gasteiger partial charge in [0.15, 0.2) is 0 Å². The van der Waals surface area contributed by atoms with Crippen LogP contribution in [0.3, 0.4) is 0 Å². The van der Waals surface area contributed by atoms with Crippen molar-refractivity contribution in [3.05, 3.63) is 122 Å². The van der Waals surface area contributed by atoms with Gasteiger partial charge in [0.2, 0.25) is 5.91 Å². The standard InChI is InChI=1S/C76H135N2O6P/c1-6-8-10-12-14-16-18-20-22-24-26-28-30-31-32-33-34-35-36-37-38-39-40-41-42-43-44-45-46-47-48-50-52-54-56-58-60-62-64-66-68-70-76(80)77-74(73-84-85(81,82)83-72-71-78(3,4)5)75(79)69-67-65-63-61-59-57-55-53-51-49-29-27-25-23-21-19-17-15-13-11-9-7-2/h8,10,14,16,20,22,26,28,31-32,34-35,37-38,51,53,59,61,67,69,74-75,79H,6-7,9,11-13,15,17-19,21,23-25,27,29-30,33,36,39-50,52,54-58,60,62-66,68,70-73H2,1-5H3,(H-,77,80,81,82)/p+1/b10-8-,16-14-,22-20-,28-26-,32-31-,35-34-,38-37-,53-51+,61-59+,69-67+. The number of unbranched alkanes of at least 4 members (excludes halogenated alkanes) is 33. The predicted molar refractivity (Wildman–Crippen MR) is 373 cm³/mol. The van der Waals surface area contributed by atoms with E-state index < -0.39 is 20.0 Å². The van der Waals surface area contributed by atoms with E-state index in [1.165, 1.54) is 193 Å². The Labute approximate surface area is 526 Å². The summed E-state index contributed by atoms with van der Waals surface area (Å²) < 4.78 is 23.8. The van der Waals surface area contributed by atoms with E-state index >= 15 is 0 Å². The summed E-state index contributed by atoms with van der Waals surface area (Å²) in [5.41, 5.74) is 0. The van der Waals surface area contributed by atoms with Crippen LogP contribution in [-0.2, 0) is 18.4 Å². The highest BCUT2D eigenvalue weighted by Crippen LogP contribution is 2.43. The Morgan fingerprint density at radius 1 is 0.412 bits per heavy atom. The number of allylic oxidation sites excluding steroid dienone is 19. The molecule has 0 aromatic carbocycles. The van der Waals surface area contributed by atoms with E-state index in [1.54, 1.807) is 6.08 Å². The van der Waals surface area contributed by atoms with Crippen LogP contribution in [0.15, 0.2) is 122 Å². The number of nitrogens with one attached hydrogen (secondary N) is 1. The zero-order chi connectivity index (χ0) is 61.9. The Bertz CT molecular complexity index is 1800. The third-order valence-corrected chi connectivity index (χ3v) is 16.4. The number of aliphatic hydroxyl groups excluding tert-OH is 1. The summed E-state index contributed by atoms with van der Waals surface area (Å²) in [6.45, 7) is 4.69. The molecule has 0 saturated heterocycles. The summed E-state index contributed by atoms with van der Waals surface area (Å²) in [5.74, 6) is -0.190. The Kier molecular flexibility index (Phi) is 63.0. The van der Waals surface area contributed by atoms with Crippen LogP contribution in [0.5, 0.6) is 0 Å². The van der Waals surface area contributed by atoms with E-state index in [2.05, 4.69) is 129 Å². The van der Waals surface area contributed by atoms with Gasteiger partial charge in [-0.2, -0.15) is 0 Å². The summed E-state index contributed by atoms with van der Waals surface area (Å²) in [5, 5.41) is 14.0. The molecule has 0 saturated carbocycles. The van der Waals surface area contributed by atoms with E-state index in [1.807, 2.05) is 27.2 Å². The molecular weight excluding hydrogens is 1070 g/mol. The summed E-state index contributed by atoms with van der Waals surface area (Å²) in [6, 6.07) is -0.876. The van der Waals surface area contributed by atoms with Crippen LogP contribution in [0.2, 0.25) is 0 Å². The number of quaternary nitrogens is 1. The molecule has 0 radical (unpaired) electrons. The molecule has 0 aromatic heterocycles. The number of carbonyl (C=O) groups excluding carboxylic acids is 1. The lowest BCUT2D eigenvalue weighted by atomic mass is 10.0. The zero-order valence-electron chi connectivity index (χ0n) is 56.1. The minimum atomic E-state index is -4.37. The van der Waals surface area contributed by atoms with Gasteiger partial charge in [-0.3, -0.25) is 13.8 Å². The lowest BCUT2D eigenvalue weighted by Crippen LogP contribution is -2.45. The molecule has 490 valence electrons. The van der Waals surface area contributed by atoms with E-state index in [-0.39, 0.29) is 19.1 Å². The number of carbonyl (C=O) groups is 1. The van der Waals surface area contributed by atoms with Gasteiger partial charge in [0, 0.05) is 6.42 Å². The average molecular weight is 1200 g/mol. The van der Waals surface area contributed by atoms with Crippen LogP contribution in [-0.4, -0.2) is 73.4 Å². The first-order valence-electron chi connectivity index (χ1n) is 35.4. The highest BCUT2D eigenvalue weighted by atomic mass is 31.2. The first-order valence-corrected chi connectivity index (χ1v) is 36.9. The van der Waals surface area contributed by atoms with Gasteiger partial charge in [-0.1, -0.05) is 315 Å². The molecule has 8 nitrogen and oxygen atoms in total. The number of amides is 1. The highest BCUT2D eigenvalue weighted by molar-refractivity contribution is 7.47. The van der Waals surface area contributed by atoms with Gasteiger partial charge in [0.25, 0.3) is 0 Å². The van der Waals surface area contributed by atoms with Gasteiger partial charge in [0.05, 0.1) is 39.9 Å². The van der Waals surface area contributed by atoms with Crippen molar-refractivity contribution in [2.75, 3.05) is 40.9 Å². The van der Waals surface area contributed by atoms with Crippen LogP contribution in [0, 0.1) is 0 Å². The number of hydrogen-bond donors (Lipinski definition) is 3. The molecule has 0 aliphatic carbocycles. The number of aliphatic hydroxyl groups is 1. The van der Waals surface area contributed by atoms with Crippen molar-refractivity contribution in [1.82, 2.24) is 5.32 Å². The normalized spacial score (nSPS) is 14.4. The quantitative estimate of drug-likeness (QED) is 0.0243. The SMILES string of the molecule is CC/C=C\C/C=C\C/C=C\C/C=C\C/C=C\C/C=C\C/C=C\CCCCCCCCCCCCCCCCCCCCCC(=O)NC(COP(=O)(O)OCC[N+](C)(C)C)C(O)/C=C/CC/C=C/CC/C=C/CCCCCCCCCCCCCC. The Morgan fingerprint density at radius 2 is 0.718 bits per heavy atom. The molecule has 0 aliphatic heterocycles. The number of phosphoric ester groups is 1. The fourth-order valence-electron chi connectivity index (χ4n) is 9.94. The lowest BCUT2D eigenvalue weighted by Gasteiger charge is -2.25. The van der Waals surface area contributed by atoms with E-state index in [0.29, 0.717) is 17.4 Å². The van der Waals surface area contributed by atoms with Crippen molar-refractivity contribution in [1.29, 1.82) is 0 Å². The maximum absolute atomic E-state index is 13.0. The molecule has 3 N–H and O–H groups in total. The first kappa shape index (κ1) is 81.9. The van der Waals surface area contributed by atoms with Gasteiger partial charge in [-0.15, -0.1) is 0 Å². The van der Waals surface area contributed by atoms with E-state index in [9.17, 15) is 19.4 Å². The van der Waals surface area contributed by atoms with Crippen molar-refractivity contribution in [2.24, 2.45) is 0 Å². The van der Waals surface area contributed by atoms with Crippen molar-refractivity contribution < 1.29 is 32.9 Å². The molecule has 3 unspecified atom stereocenters. The Balaban J connectivity index is 4.05. The second kappa shape index (κ2) is 65.3. The van der Waals surface area contributed by atoms with Gasteiger partial charge in [-0.25, -0.2) is 4.57 Å². The number of likely N-dealkylation sites (N-methyl/N-ethyl adjacent to an activating group) is 1. The number of hydrogen-bond acceptors (Lipinski definition) is 5. The van der Waals surface area contributed by atoms with Gasteiger partial charge >= 0.3 is 7.82 Å². The van der Waals surface area contributed by atoms with Crippen LogP contribution in [0.25, 0.3) is 0 Å². The maximum Gasteiger partial charge on any atom is 0.472 e. The maximum atomic E-state index is 13.0.